The van der Waals surface area contributed by atoms with E-state index in [1.807, 2.05) is 12.1 Å². The van der Waals surface area contributed by atoms with Gasteiger partial charge in [-0.2, -0.15) is 18.3 Å². The third-order valence-electron chi connectivity index (χ3n) is 4.81. The van der Waals surface area contributed by atoms with Crippen LogP contribution in [0.1, 0.15) is 22.1 Å². The molecule has 35 heavy (non-hydrogen) atoms. The van der Waals surface area contributed by atoms with Crippen LogP contribution >= 0.6 is 0 Å². The van der Waals surface area contributed by atoms with Gasteiger partial charge in [-0.05, 0) is 29.8 Å². The molecular formula is C20H17F6N5O4. The van der Waals surface area contributed by atoms with E-state index in [1.54, 1.807) is 17.3 Å². The number of fused-ring (bicyclic) bond motifs is 1. The minimum absolute atomic E-state index is 0.162. The quantitative estimate of drug-likeness (QED) is 0.468. The van der Waals surface area contributed by atoms with Crippen molar-refractivity contribution in [2.24, 2.45) is 0 Å². The van der Waals surface area contributed by atoms with Crippen molar-refractivity contribution in [1.29, 1.82) is 0 Å². The predicted molar refractivity (Wildman–Crippen MR) is 107 cm³/mol. The maximum Gasteiger partial charge on any atom is 0.573 e. The summed E-state index contributed by atoms with van der Waals surface area (Å²) >= 11 is 0. The Kier molecular flexibility index (Phi) is 7.48. The van der Waals surface area contributed by atoms with Gasteiger partial charge in [0.15, 0.2) is 5.69 Å². The third kappa shape index (κ3) is 6.59. The zero-order valence-electron chi connectivity index (χ0n) is 17.5. The molecule has 0 saturated carbocycles. The lowest BCUT2D eigenvalue weighted by Crippen LogP contribution is -2.48. The standard InChI is InChI=1S/C18H16F3N5O2.C2HF3O2/c19-18(20,21)28-12-1-2-13-14(9-12)24-25-16(13)17(27)26-8-7-23-10-15(26)11-3-5-22-6-4-11;3-2(4,5)1(6)7/h1-6,9,15,23H,7-8,10H2,(H,24,25);(H,6,7). The van der Waals surface area contributed by atoms with Crippen LogP contribution in [0.25, 0.3) is 10.9 Å². The number of carboxylic acid groups (broad SMARTS) is 1. The lowest BCUT2D eigenvalue weighted by molar-refractivity contribution is -0.274. The van der Waals surface area contributed by atoms with Gasteiger partial charge in [0.25, 0.3) is 5.91 Å². The van der Waals surface area contributed by atoms with Crippen molar-refractivity contribution in [2.45, 2.75) is 18.6 Å². The number of aromatic amines is 1. The van der Waals surface area contributed by atoms with E-state index in [9.17, 15) is 31.1 Å². The molecule has 1 fully saturated rings. The van der Waals surface area contributed by atoms with E-state index in [4.69, 9.17) is 9.90 Å². The van der Waals surface area contributed by atoms with Crippen molar-refractivity contribution in [3.05, 3.63) is 54.0 Å². The maximum atomic E-state index is 13.2. The predicted octanol–water partition coefficient (Wildman–Crippen LogP) is 3.28. The van der Waals surface area contributed by atoms with Crippen molar-refractivity contribution >= 4 is 22.8 Å². The van der Waals surface area contributed by atoms with E-state index < -0.39 is 18.5 Å². The van der Waals surface area contributed by atoms with Crippen LogP contribution in [0, 0.1) is 0 Å². The van der Waals surface area contributed by atoms with Crippen molar-refractivity contribution < 1.29 is 45.8 Å². The highest BCUT2D eigenvalue weighted by molar-refractivity contribution is 6.05. The molecule has 1 unspecified atom stereocenters. The molecule has 188 valence electrons. The molecule has 1 aliphatic rings. The van der Waals surface area contributed by atoms with Crippen LogP contribution in [0.5, 0.6) is 5.75 Å². The van der Waals surface area contributed by atoms with Crippen LogP contribution in [0.4, 0.5) is 26.3 Å². The number of alkyl halides is 6. The van der Waals surface area contributed by atoms with Gasteiger partial charge in [0, 0.05) is 43.5 Å². The van der Waals surface area contributed by atoms with Gasteiger partial charge in [-0.25, -0.2) is 4.79 Å². The number of ether oxygens (including phenoxy) is 1. The van der Waals surface area contributed by atoms with Crippen LogP contribution in [-0.2, 0) is 4.79 Å². The van der Waals surface area contributed by atoms with Gasteiger partial charge in [-0.1, -0.05) is 0 Å². The number of carbonyl (C=O) groups excluding carboxylic acids is 1. The number of pyridine rings is 1. The number of benzene rings is 1. The van der Waals surface area contributed by atoms with Crippen LogP contribution in [0.15, 0.2) is 42.7 Å². The van der Waals surface area contributed by atoms with Crippen molar-refractivity contribution in [3.63, 3.8) is 0 Å². The summed E-state index contributed by atoms with van der Waals surface area (Å²) in [7, 11) is 0. The first kappa shape index (κ1) is 25.7. The van der Waals surface area contributed by atoms with Gasteiger partial charge in [0.2, 0.25) is 0 Å². The molecule has 0 aliphatic carbocycles. The fourth-order valence-corrected chi connectivity index (χ4v) is 3.33. The Labute approximate surface area is 192 Å². The molecule has 4 rings (SSSR count). The minimum Gasteiger partial charge on any atom is -0.475 e. The normalized spacial score (nSPS) is 16.4. The molecular weight excluding hydrogens is 488 g/mol. The number of halogens is 6. The fraction of sp³-hybridized carbons (Fsp3) is 0.300. The van der Waals surface area contributed by atoms with E-state index in [0.29, 0.717) is 30.5 Å². The van der Waals surface area contributed by atoms with E-state index in [0.717, 1.165) is 5.56 Å². The van der Waals surface area contributed by atoms with Gasteiger partial charge in [-0.15, -0.1) is 13.2 Å². The number of carboxylic acids is 1. The van der Waals surface area contributed by atoms with Gasteiger partial charge in [0.1, 0.15) is 5.75 Å². The monoisotopic (exact) mass is 505 g/mol. The minimum atomic E-state index is -5.08. The Morgan fingerprint density at radius 3 is 2.34 bits per heavy atom. The molecule has 1 aromatic carbocycles. The number of aliphatic carboxylic acids is 1. The smallest absolute Gasteiger partial charge is 0.475 e. The summed E-state index contributed by atoms with van der Waals surface area (Å²) in [6.45, 7) is 1.70. The first-order valence-electron chi connectivity index (χ1n) is 9.82. The summed E-state index contributed by atoms with van der Waals surface area (Å²) in [6.07, 6.45) is -6.54. The van der Waals surface area contributed by atoms with E-state index in [-0.39, 0.29) is 23.4 Å². The Balaban J connectivity index is 0.000000429. The van der Waals surface area contributed by atoms with Crippen molar-refractivity contribution in [3.8, 4) is 5.75 Å². The number of nitrogens with zero attached hydrogens (tertiary/aromatic N) is 3. The lowest BCUT2D eigenvalue weighted by Gasteiger charge is -2.36. The highest BCUT2D eigenvalue weighted by Crippen LogP contribution is 2.29. The molecule has 1 saturated heterocycles. The number of rotatable bonds is 3. The van der Waals surface area contributed by atoms with E-state index >= 15 is 0 Å². The Hall–Kier alpha value is -3.88. The second kappa shape index (κ2) is 10.2. The number of hydrogen-bond donors (Lipinski definition) is 3. The first-order chi connectivity index (χ1) is 16.4. The van der Waals surface area contributed by atoms with Crippen LogP contribution in [0.3, 0.4) is 0 Å². The second-order valence-corrected chi connectivity index (χ2v) is 7.13. The average Bonchev–Trinajstić information content (AvgIpc) is 3.21. The Morgan fingerprint density at radius 2 is 1.74 bits per heavy atom. The highest BCUT2D eigenvalue weighted by atomic mass is 19.4. The number of carbonyl (C=O) groups is 2. The molecule has 1 aliphatic heterocycles. The summed E-state index contributed by atoms with van der Waals surface area (Å²) in [5.41, 5.74) is 1.39. The summed E-state index contributed by atoms with van der Waals surface area (Å²) in [6, 6.07) is 7.24. The average molecular weight is 505 g/mol. The number of H-pyrrole nitrogens is 1. The molecule has 3 aromatic rings. The van der Waals surface area contributed by atoms with E-state index in [1.165, 1.54) is 18.2 Å². The van der Waals surface area contributed by atoms with Crippen LogP contribution in [-0.4, -0.2) is 69.2 Å². The van der Waals surface area contributed by atoms with Crippen LogP contribution in [0.2, 0.25) is 0 Å². The van der Waals surface area contributed by atoms with Gasteiger partial charge in [-0.3, -0.25) is 14.9 Å². The molecule has 3 heterocycles. The topological polar surface area (TPSA) is 120 Å². The highest BCUT2D eigenvalue weighted by Gasteiger charge is 2.38. The van der Waals surface area contributed by atoms with Crippen LogP contribution < -0.4 is 10.1 Å². The number of piperazine rings is 1. The summed E-state index contributed by atoms with van der Waals surface area (Å²) in [4.78, 5) is 27.8. The summed E-state index contributed by atoms with van der Waals surface area (Å²) in [5.74, 6) is -3.42. The molecule has 2 aromatic heterocycles. The van der Waals surface area contributed by atoms with Gasteiger partial charge >= 0.3 is 18.5 Å². The molecule has 3 N–H and O–H groups in total. The zero-order chi connectivity index (χ0) is 25.8. The Morgan fingerprint density at radius 1 is 1.09 bits per heavy atom. The SMILES string of the molecule is O=C(O)C(F)(F)F.O=C(c1n[nH]c2cc(OC(F)(F)F)ccc12)N1CCNCC1c1ccncc1. The molecule has 0 spiro atoms. The fourth-order valence-electron chi connectivity index (χ4n) is 3.33. The molecule has 1 amide bonds. The number of aromatic nitrogens is 3. The summed E-state index contributed by atoms with van der Waals surface area (Å²) < 4.78 is 72.9. The van der Waals surface area contributed by atoms with Gasteiger partial charge in [0.05, 0.1) is 11.6 Å². The summed E-state index contributed by atoms with van der Waals surface area (Å²) in [5, 5.41) is 17.5. The van der Waals surface area contributed by atoms with E-state index in [2.05, 4.69) is 25.2 Å². The van der Waals surface area contributed by atoms with Gasteiger partial charge < -0.3 is 20.1 Å². The first-order valence-corrected chi connectivity index (χ1v) is 9.82. The van der Waals surface area contributed by atoms with Crippen molar-refractivity contribution in [2.75, 3.05) is 19.6 Å². The molecule has 0 bridgehead atoms. The largest absolute Gasteiger partial charge is 0.573 e. The molecule has 0 radical (unpaired) electrons. The molecule has 1 atom stereocenters. The van der Waals surface area contributed by atoms with Crippen molar-refractivity contribution in [1.82, 2.24) is 25.4 Å². The third-order valence-corrected chi connectivity index (χ3v) is 4.81. The second-order valence-electron chi connectivity index (χ2n) is 7.13. The zero-order valence-corrected chi connectivity index (χ0v) is 17.5. The molecule has 9 nitrogen and oxygen atoms in total. The number of nitrogens with one attached hydrogen (secondary N) is 2. The Bertz CT molecular complexity index is 1180. The number of amides is 1. The molecule has 15 heteroatoms. The maximum absolute atomic E-state index is 13.2. The lowest BCUT2D eigenvalue weighted by atomic mass is 10.0. The number of hydrogen-bond acceptors (Lipinski definition) is 6.